The number of benzene rings is 1. The van der Waals surface area contributed by atoms with Gasteiger partial charge in [0.25, 0.3) is 11.8 Å². The predicted molar refractivity (Wildman–Crippen MR) is 96.0 cm³/mol. The fourth-order valence-corrected chi connectivity index (χ4v) is 3.17. The summed E-state index contributed by atoms with van der Waals surface area (Å²) >= 11 is 0. The largest absolute Gasteiger partial charge is 0.341 e. The number of carbonyl (C=O) groups is 2. The zero-order chi connectivity index (χ0) is 17.9. The highest BCUT2D eigenvalue weighted by Gasteiger charge is 2.24. The Labute approximate surface area is 144 Å². The molecule has 5 nitrogen and oxygen atoms in total. The number of hydrogen-bond donors (Lipinski definition) is 1. The van der Waals surface area contributed by atoms with Crippen molar-refractivity contribution in [2.45, 2.75) is 39.7 Å². The van der Waals surface area contributed by atoms with Gasteiger partial charge in [-0.2, -0.15) is 0 Å². The molecule has 1 saturated heterocycles. The minimum atomic E-state index is -0.0603. The standard InChI is InChI=1S/C19H29N3O2/c1-19(2,3)13-21(4)17(23)14-7-5-8-15(11-14)18(24)22-10-6-9-16(20)12-22/h5,7-8,11,16H,6,9-10,12-13,20H2,1-4H3/t16-/m1/s1. The average molecular weight is 331 g/mol. The van der Waals surface area contributed by atoms with Gasteiger partial charge in [0.1, 0.15) is 0 Å². The maximum Gasteiger partial charge on any atom is 0.253 e. The number of hydrogen-bond acceptors (Lipinski definition) is 3. The number of nitrogens with zero attached hydrogens (tertiary/aromatic N) is 2. The monoisotopic (exact) mass is 331 g/mol. The molecule has 2 amide bonds. The normalized spacial score (nSPS) is 18.4. The maximum atomic E-state index is 12.7. The number of rotatable bonds is 3. The lowest BCUT2D eigenvalue weighted by Gasteiger charge is -2.31. The minimum Gasteiger partial charge on any atom is -0.341 e. The molecular weight excluding hydrogens is 302 g/mol. The molecule has 0 aromatic heterocycles. The van der Waals surface area contributed by atoms with Crippen molar-refractivity contribution in [1.29, 1.82) is 0 Å². The van der Waals surface area contributed by atoms with E-state index in [9.17, 15) is 9.59 Å². The summed E-state index contributed by atoms with van der Waals surface area (Å²) in [5, 5.41) is 0. The van der Waals surface area contributed by atoms with Crippen LogP contribution in [0.25, 0.3) is 0 Å². The fourth-order valence-electron chi connectivity index (χ4n) is 3.17. The van der Waals surface area contributed by atoms with E-state index in [0.29, 0.717) is 24.2 Å². The van der Waals surface area contributed by atoms with Gasteiger partial charge in [0.15, 0.2) is 0 Å². The van der Waals surface area contributed by atoms with Crippen molar-refractivity contribution in [3.05, 3.63) is 35.4 Å². The molecule has 1 aromatic rings. The van der Waals surface area contributed by atoms with Crippen LogP contribution in [0.3, 0.4) is 0 Å². The topological polar surface area (TPSA) is 66.6 Å². The van der Waals surface area contributed by atoms with E-state index in [4.69, 9.17) is 5.73 Å². The Hall–Kier alpha value is -1.88. The van der Waals surface area contributed by atoms with Crippen LogP contribution >= 0.6 is 0 Å². The maximum absolute atomic E-state index is 12.7. The van der Waals surface area contributed by atoms with Crippen LogP contribution in [0.1, 0.15) is 54.3 Å². The quantitative estimate of drug-likeness (QED) is 0.924. The SMILES string of the molecule is CN(CC(C)(C)C)C(=O)c1cccc(C(=O)N2CCC[C@@H](N)C2)c1. The van der Waals surface area contributed by atoms with E-state index in [1.807, 2.05) is 0 Å². The van der Waals surface area contributed by atoms with Crippen LogP contribution in [0.5, 0.6) is 0 Å². The van der Waals surface area contributed by atoms with Crippen molar-refractivity contribution < 1.29 is 9.59 Å². The molecule has 1 aliphatic heterocycles. The van der Waals surface area contributed by atoms with Crippen LogP contribution in [-0.2, 0) is 0 Å². The lowest BCUT2D eigenvalue weighted by Crippen LogP contribution is -2.45. The first-order valence-corrected chi connectivity index (χ1v) is 8.58. The Morgan fingerprint density at radius 3 is 2.58 bits per heavy atom. The van der Waals surface area contributed by atoms with Crippen molar-refractivity contribution in [2.75, 3.05) is 26.7 Å². The number of amides is 2. The molecule has 0 saturated carbocycles. The molecule has 0 spiro atoms. The van der Waals surface area contributed by atoms with Crippen molar-refractivity contribution in [3.63, 3.8) is 0 Å². The molecule has 1 aliphatic rings. The molecule has 0 unspecified atom stereocenters. The third kappa shape index (κ3) is 4.81. The van der Waals surface area contributed by atoms with Crippen LogP contribution in [0.4, 0.5) is 0 Å². The molecule has 1 heterocycles. The minimum absolute atomic E-state index is 0.0295. The van der Waals surface area contributed by atoms with Crippen LogP contribution in [0, 0.1) is 5.41 Å². The Bertz CT molecular complexity index is 607. The molecule has 2 rings (SSSR count). The number of likely N-dealkylation sites (tertiary alicyclic amines) is 1. The number of nitrogens with two attached hydrogens (primary N) is 1. The van der Waals surface area contributed by atoms with E-state index >= 15 is 0 Å². The van der Waals surface area contributed by atoms with Crippen LogP contribution in [0.2, 0.25) is 0 Å². The molecule has 1 aromatic carbocycles. The summed E-state index contributed by atoms with van der Waals surface area (Å²) in [5.41, 5.74) is 7.10. The van der Waals surface area contributed by atoms with Crippen molar-refractivity contribution in [3.8, 4) is 0 Å². The van der Waals surface area contributed by atoms with E-state index in [0.717, 1.165) is 19.4 Å². The number of piperidine rings is 1. The van der Waals surface area contributed by atoms with Gasteiger partial charge in [-0.15, -0.1) is 0 Å². The lowest BCUT2D eigenvalue weighted by molar-refractivity contribution is 0.0708. The van der Waals surface area contributed by atoms with Crippen LogP contribution in [-0.4, -0.2) is 54.3 Å². The van der Waals surface area contributed by atoms with Crippen LogP contribution in [0.15, 0.2) is 24.3 Å². The summed E-state index contributed by atoms with van der Waals surface area (Å²) in [6.45, 7) is 8.25. The smallest absolute Gasteiger partial charge is 0.253 e. The van der Waals surface area contributed by atoms with Gasteiger partial charge < -0.3 is 15.5 Å². The van der Waals surface area contributed by atoms with Crippen LogP contribution < -0.4 is 5.73 Å². The highest BCUT2D eigenvalue weighted by Crippen LogP contribution is 2.18. The van der Waals surface area contributed by atoms with Crippen molar-refractivity contribution in [1.82, 2.24) is 9.80 Å². The van der Waals surface area contributed by atoms with Gasteiger partial charge in [-0.25, -0.2) is 0 Å². The van der Waals surface area contributed by atoms with E-state index in [2.05, 4.69) is 20.8 Å². The second-order valence-corrected chi connectivity index (χ2v) is 7.96. The van der Waals surface area contributed by atoms with Gasteiger partial charge in [0, 0.05) is 43.9 Å². The van der Waals surface area contributed by atoms with E-state index in [-0.39, 0.29) is 23.3 Å². The summed E-state index contributed by atoms with van der Waals surface area (Å²) in [6, 6.07) is 7.05. The molecule has 0 aliphatic carbocycles. The Balaban J connectivity index is 2.13. The second-order valence-electron chi connectivity index (χ2n) is 7.96. The molecule has 24 heavy (non-hydrogen) atoms. The molecule has 0 bridgehead atoms. The zero-order valence-corrected chi connectivity index (χ0v) is 15.2. The van der Waals surface area contributed by atoms with Gasteiger partial charge in [-0.1, -0.05) is 26.8 Å². The van der Waals surface area contributed by atoms with E-state index < -0.39 is 0 Å². The van der Waals surface area contributed by atoms with Gasteiger partial charge in [0.2, 0.25) is 0 Å². The van der Waals surface area contributed by atoms with Crippen molar-refractivity contribution >= 4 is 11.8 Å². The Morgan fingerprint density at radius 1 is 1.29 bits per heavy atom. The summed E-state index contributed by atoms with van der Waals surface area (Å²) < 4.78 is 0. The third-order valence-electron chi connectivity index (χ3n) is 4.16. The first-order valence-electron chi connectivity index (χ1n) is 8.58. The van der Waals surface area contributed by atoms with Gasteiger partial charge in [0.05, 0.1) is 0 Å². The molecule has 2 N–H and O–H groups in total. The van der Waals surface area contributed by atoms with Crippen molar-refractivity contribution in [2.24, 2.45) is 11.1 Å². The summed E-state index contributed by atoms with van der Waals surface area (Å²) in [5.74, 6) is -0.104. The molecule has 1 atom stereocenters. The Morgan fingerprint density at radius 2 is 1.96 bits per heavy atom. The fraction of sp³-hybridized carbons (Fsp3) is 0.579. The number of carbonyl (C=O) groups excluding carboxylic acids is 2. The molecule has 0 radical (unpaired) electrons. The highest BCUT2D eigenvalue weighted by atomic mass is 16.2. The molecular formula is C19H29N3O2. The summed E-state index contributed by atoms with van der Waals surface area (Å²) in [4.78, 5) is 28.8. The average Bonchev–Trinajstić information content (AvgIpc) is 2.52. The lowest BCUT2D eigenvalue weighted by atomic mass is 9.96. The van der Waals surface area contributed by atoms with Gasteiger partial charge in [-0.3, -0.25) is 9.59 Å². The molecule has 132 valence electrons. The third-order valence-corrected chi connectivity index (χ3v) is 4.16. The zero-order valence-electron chi connectivity index (χ0n) is 15.2. The summed E-state index contributed by atoms with van der Waals surface area (Å²) in [6.07, 6.45) is 1.89. The van der Waals surface area contributed by atoms with E-state index in [1.54, 1.807) is 41.1 Å². The first kappa shape index (κ1) is 18.5. The van der Waals surface area contributed by atoms with Gasteiger partial charge >= 0.3 is 0 Å². The molecule has 5 heteroatoms. The Kier molecular flexibility index (Phi) is 5.65. The summed E-state index contributed by atoms with van der Waals surface area (Å²) in [7, 11) is 1.80. The van der Waals surface area contributed by atoms with E-state index in [1.165, 1.54) is 0 Å². The second kappa shape index (κ2) is 7.34. The highest BCUT2D eigenvalue weighted by molar-refractivity contribution is 5.99. The predicted octanol–water partition coefficient (Wildman–Crippen LogP) is 2.37. The first-order chi connectivity index (χ1) is 11.2. The molecule has 1 fully saturated rings. The van der Waals surface area contributed by atoms with Gasteiger partial charge in [-0.05, 0) is 36.5 Å².